The molecule has 2 aromatic rings. The van der Waals surface area contributed by atoms with Gasteiger partial charge in [-0.1, -0.05) is 6.07 Å². The summed E-state index contributed by atoms with van der Waals surface area (Å²) in [7, 11) is 0. The molecule has 0 atom stereocenters. The van der Waals surface area contributed by atoms with Crippen LogP contribution in [0.1, 0.15) is 15.2 Å². The number of carbonyl (C=O) groups excluding carboxylic acids is 1. The van der Waals surface area contributed by atoms with Gasteiger partial charge in [-0.25, -0.2) is 13.6 Å². The van der Waals surface area contributed by atoms with Gasteiger partial charge in [0.15, 0.2) is 0 Å². The van der Waals surface area contributed by atoms with Crippen LogP contribution in [0.5, 0.6) is 0 Å². The molecule has 2 rings (SSSR count). The number of thiophene rings is 1. The molecule has 0 fully saturated rings. The van der Waals surface area contributed by atoms with E-state index in [0.29, 0.717) is 5.69 Å². The third-order valence-electron chi connectivity index (χ3n) is 2.29. The van der Waals surface area contributed by atoms with Crippen LogP contribution in [0.2, 0.25) is 0 Å². The van der Waals surface area contributed by atoms with E-state index in [4.69, 9.17) is 10.5 Å². The number of anilines is 1. The average Bonchev–Trinajstić information content (AvgIpc) is 2.74. The maximum atomic E-state index is 13.3. The zero-order valence-electron chi connectivity index (χ0n) is 9.15. The lowest BCUT2D eigenvalue weighted by atomic mass is 10.2. The van der Waals surface area contributed by atoms with E-state index < -0.39 is 24.2 Å². The minimum atomic E-state index is -0.748. The standard InChI is InChI=1S/C12H9F2NO2S/c13-8-2-1-3-9(14)7(8)6-17-12(16)11-10(15)4-5-18-11/h1-5H,6,15H2. The van der Waals surface area contributed by atoms with Crippen molar-refractivity contribution in [1.82, 2.24) is 0 Å². The number of nitrogens with two attached hydrogens (primary N) is 1. The number of ether oxygens (including phenoxy) is 1. The van der Waals surface area contributed by atoms with E-state index in [1.165, 1.54) is 6.07 Å². The fraction of sp³-hybridized carbons (Fsp3) is 0.0833. The van der Waals surface area contributed by atoms with Gasteiger partial charge in [0.1, 0.15) is 23.1 Å². The van der Waals surface area contributed by atoms with Crippen LogP contribution in [0.15, 0.2) is 29.6 Å². The zero-order chi connectivity index (χ0) is 13.1. The van der Waals surface area contributed by atoms with Gasteiger partial charge in [-0.2, -0.15) is 0 Å². The van der Waals surface area contributed by atoms with Gasteiger partial charge in [0.05, 0.1) is 11.3 Å². The second-order valence-corrected chi connectivity index (χ2v) is 4.40. The number of halogens is 2. The summed E-state index contributed by atoms with van der Waals surface area (Å²) in [6.07, 6.45) is 0. The molecule has 94 valence electrons. The van der Waals surface area contributed by atoms with Crippen molar-refractivity contribution in [3.05, 3.63) is 51.7 Å². The van der Waals surface area contributed by atoms with Crippen LogP contribution in [0.25, 0.3) is 0 Å². The number of carbonyl (C=O) groups is 1. The molecule has 0 unspecified atom stereocenters. The normalized spacial score (nSPS) is 10.3. The fourth-order valence-corrected chi connectivity index (χ4v) is 2.07. The summed E-state index contributed by atoms with van der Waals surface area (Å²) in [6, 6.07) is 5.01. The molecular weight excluding hydrogens is 260 g/mol. The first kappa shape index (κ1) is 12.5. The Morgan fingerprint density at radius 1 is 1.28 bits per heavy atom. The lowest BCUT2D eigenvalue weighted by Gasteiger charge is -2.06. The highest BCUT2D eigenvalue weighted by Gasteiger charge is 2.15. The van der Waals surface area contributed by atoms with Gasteiger partial charge in [0.25, 0.3) is 0 Å². The number of esters is 1. The summed E-state index contributed by atoms with van der Waals surface area (Å²) in [5.41, 5.74) is 5.55. The largest absolute Gasteiger partial charge is 0.456 e. The monoisotopic (exact) mass is 269 g/mol. The van der Waals surface area contributed by atoms with Gasteiger partial charge in [-0.05, 0) is 23.6 Å². The Balaban J connectivity index is 2.09. The van der Waals surface area contributed by atoms with Crippen LogP contribution in [0.3, 0.4) is 0 Å². The Labute approximate surface area is 106 Å². The summed E-state index contributed by atoms with van der Waals surface area (Å²) in [5.74, 6) is -2.19. The van der Waals surface area contributed by atoms with Crippen LogP contribution in [0.4, 0.5) is 14.5 Å². The lowest BCUT2D eigenvalue weighted by Crippen LogP contribution is -2.07. The van der Waals surface area contributed by atoms with E-state index in [9.17, 15) is 13.6 Å². The predicted molar refractivity (Wildman–Crippen MR) is 64.2 cm³/mol. The Morgan fingerprint density at radius 3 is 2.50 bits per heavy atom. The topological polar surface area (TPSA) is 52.3 Å². The van der Waals surface area contributed by atoms with Crippen molar-refractivity contribution < 1.29 is 18.3 Å². The van der Waals surface area contributed by atoms with E-state index in [-0.39, 0.29) is 10.4 Å². The van der Waals surface area contributed by atoms with Crippen molar-refractivity contribution >= 4 is 23.0 Å². The second-order valence-electron chi connectivity index (χ2n) is 3.48. The maximum absolute atomic E-state index is 13.3. The van der Waals surface area contributed by atoms with Crippen molar-refractivity contribution in [1.29, 1.82) is 0 Å². The Hall–Kier alpha value is -1.95. The minimum Gasteiger partial charge on any atom is -0.456 e. The molecule has 0 aliphatic carbocycles. The maximum Gasteiger partial charge on any atom is 0.350 e. The molecule has 0 bridgehead atoms. The minimum absolute atomic E-state index is 0.228. The van der Waals surface area contributed by atoms with Crippen molar-refractivity contribution in [2.45, 2.75) is 6.61 Å². The summed E-state index contributed by atoms with van der Waals surface area (Å²) in [4.78, 5) is 11.8. The first-order valence-electron chi connectivity index (χ1n) is 5.02. The predicted octanol–water partition coefficient (Wildman–Crippen LogP) is 2.97. The first-order valence-corrected chi connectivity index (χ1v) is 5.90. The molecule has 0 aliphatic heterocycles. The van der Waals surface area contributed by atoms with Crippen LogP contribution in [0, 0.1) is 11.6 Å². The molecule has 18 heavy (non-hydrogen) atoms. The van der Waals surface area contributed by atoms with E-state index in [0.717, 1.165) is 23.5 Å². The highest BCUT2D eigenvalue weighted by atomic mass is 32.1. The number of hydrogen-bond acceptors (Lipinski definition) is 4. The molecule has 0 amide bonds. The van der Waals surface area contributed by atoms with Crippen molar-refractivity contribution in [3.8, 4) is 0 Å². The van der Waals surface area contributed by atoms with Gasteiger partial charge < -0.3 is 10.5 Å². The lowest BCUT2D eigenvalue weighted by molar-refractivity contribution is 0.0472. The number of rotatable bonds is 3. The SMILES string of the molecule is Nc1ccsc1C(=O)OCc1c(F)cccc1F. The molecule has 6 heteroatoms. The third kappa shape index (κ3) is 2.48. The second kappa shape index (κ2) is 5.14. The van der Waals surface area contributed by atoms with Crippen LogP contribution in [-0.2, 0) is 11.3 Å². The molecule has 0 saturated carbocycles. The van der Waals surface area contributed by atoms with Crippen molar-refractivity contribution in [2.75, 3.05) is 5.73 Å². The molecule has 1 aromatic heterocycles. The summed E-state index contributed by atoms with van der Waals surface area (Å²) in [5, 5.41) is 1.63. The highest BCUT2D eigenvalue weighted by Crippen LogP contribution is 2.21. The fourth-order valence-electron chi connectivity index (χ4n) is 1.36. The van der Waals surface area contributed by atoms with Gasteiger partial charge in [-0.3, -0.25) is 0 Å². The van der Waals surface area contributed by atoms with E-state index in [1.807, 2.05) is 0 Å². The van der Waals surface area contributed by atoms with E-state index in [1.54, 1.807) is 11.4 Å². The summed E-state index contributed by atoms with van der Waals surface area (Å²) in [6.45, 7) is -0.464. The Bertz CT molecular complexity index is 563. The zero-order valence-corrected chi connectivity index (χ0v) is 9.97. The third-order valence-corrected chi connectivity index (χ3v) is 3.20. The summed E-state index contributed by atoms with van der Waals surface area (Å²) < 4.78 is 31.4. The first-order chi connectivity index (χ1) is 8.59. The van der Waals surface area contributed by atoms with E-state index in [2.05, 4.69) is 0 Å². The van der Waals surface area contributed by atoms with Gasteiger partial charge >= 0.3 is 5.97 Å². The molecule has 0 radical (unpaired) electrons. The van der Waals surface area contributed by atoms with Crippen LogP contribution in [-0.4, -0.2) is 5.97 Å². The molecule has 1 heterocycles. The number of hydrogen-bond donors (Lipinski definition) is 1. The van der Waals surface area contributed by atoms with Gasteiger partial charge in [0.2, 0.25) is 0 Å². The van der Waals surface area contributed by atoms with Gasteiger partial charge in [0, 0.05) is 0 Å². The highest BCUT2D eigenvalue weighted by molar-refractivity contribution is 7.12. The molecule has 0 spiro atoms. The van der Waals surface area contributed by atoms with E-state index >= 15 is 0 Å². The van der Waals surface area contributed by atoms with Gasteiger partial charge in [-0.15, -0.1) is 11.3 Å². The molecule has 0 saturated heterocycles. The van der Waals surface area contributed by atoms with Crippen molar-refractivity contribution in [2.24, 2.45) is 0 Å². The van der Waals surface area contributed by atoms with Crippen molar-refractivity contribution in [3.63, 3.8) is 0 Å². The van der Waals surface area contributed by atoms with Crippen LogP contribution < -0.4 is 5.73 Å². The number of benzene rings is 1. The molecular formula is C12H9F2NO2S. The Morgan fingerprint density at radius 2 is 1.94 bits per heavy atom. The quantitative estimate of drug-likeness (QED) is 0.871. The number of nitrogen functional groups attached to an aromatic ring is 1. The van der Waals surface area contributed by atoms with Crippen LogP contribution >= 0.6 is 11.3 Å². The molecule has 1 aromatic carbocycles. The Kier molecular flexibility index (Phi) is 3.57. The molecule has 3 nitrogen and oxygen atoms in total. The smallest absolute Gasteiger partial charge is 0.350 e. The summed E-state index contributed by atoms with van der Waals surface area (Å²) >= 11 is 1.11. The molecule has 2 N–H and O–H groups in total. The molecule has 0 aliphatic rings. The average molecular weight is 269 g/mol.